The number of benzene rings is 1. The van der Waals surface area contributed by atoms with Crippen molar-refractivity contribution in [2.45, 2.75) is 26.0 Å². The lowest BCUT2D eigenvalue weighted by Gasteiger charge is -2.31. The molecule has 2 aromatic rings. The molecule has 1 aliphatic rings. The summed E-state index contributed by atoms with van der Waals surface area (Å²) in [5.74, 6) is -0.298. The van der Waals surface area contributed by atoms with Crippen LogP contribution >= 0.6 is 11.3 Å². The first kappa shape index (κ1) is 12.6. The maximum Gasteiger partial charge on any atom is 0.123 e. The van der Waals surface area contributed by atoms with E-state index in [2.05, 4.69) is 16.3 Å². The molecule has 0 saturated carbocycles. The number of fused-ring (bicyclic) bond motifs is 1. The highest BCUT2D eigenvalue weighted by molar-refractivity contribution is 7.10. The van der Waals surface area contributed by atoms with Crippen molar-refractivity contribution in [3.63, 3.8) is 0 Å². The van der Waals surface area contributed by atoms with Gasteiger partial charge in [0.05, 0.1) is 6.10 Å². The average Bonchev–Trinajstić information content (AvgIpc) is 2.85. The van der Waals surface area contributed by atoms with Gasteiger partial charge in [0, 0.05) is 29.2 Å². The Balaban J connectivity index is 1.95. The third kappa shape index (κ3) is 2.38. The predicted octanol–water partition coefficient (Wildman–Crippen LogP) is 3.50. The van der Waals surface area contributed by atoms with Crippen molar-refractivity contribution in [1.82, 2.24) is 0 Å². The molecule has 0 fully saturated rings. The SMILES string of the molecule is CC(O)c1cc(F)ccc1N1CCc2sccc2C1. The molecule has 0 radical (unpaired) electrons. The standard InChI is InChI=1S/C15H16FNOS/c1-10(18)13-8-12(16)2-3-14(13)17-6-4-15-11(9-17)5-7-19-15/h2-3,5,7-8,10,18H,4,6,9H2,1H3. The van der Waals surface area contributed by atoms with Crippen LogP contribution in [0.15, 0.2) is 29.6 Å². The number of halogens is 1. The second kappa shape index (κ2) is 4.94. The quantitative estimate of drug-likeness (QED) is 0.908. The van der Waals surface area contributed by atoms with Crippen LogP contribution in [0.3, 0.4) is 0 Å². The van der Waals surface area contributed by atoms with E-state index >= 15 is 0 Å². The van der Waals surface area contributed by atoms with Gasteiger partial charge in [-0.05, 0) is 48.6 Å². The van der Waals surface area contributed by atoms with Gasteiger partial charge in [0.15, 0.2) is 0 Å². The fraction of sp³-hybridized carbons (Fsp3) is 0.333. The molecule has 1 aliphatic heterocycles. The molecule has 100 valence electrons. The largest absolute Gasteiger partial charge is 0.389 e. The Labute approximate surface area is 116 Å². The molecule has 19 heavy (non-hydrogen) atoms. The second-order valence-electron chi connectivity index (χ2n) is 4.92. The number of anilines is 1. The Morgan fingerprint density at radius 3 is 3.00 bits per heavy atom. The highest BCUT2D eigenvalue weighted by atomic mass is 32.1. The molecule has 0 saturated heterocycles. The topological polar surface area (TPSA) is 23.5 Å². The number of aliphatic hydroxyl groups is 1. The van der Waals surface area contributed by atoms with Crippen LogP contribution in [0.1, 0.15) is 29.0 Å². The van der Waals surface area contributed by atoms with E-state index in [0.29, 0.717) is 5.56 Å². The minimum absolute atomic E-state index is 0.298. The second-order valence-corrected chi connectivity index (χ2v) is 5.92. The molecular formula is C15H16FNOS. The zero-order valence-corrected chi connectivity index (χ0v) is 11.6. The van der Waals surface area contributed by atoms with E-state index in [1.54, 1.807) is 24.3 Å². The van der Waals surface area contributed by atoms with Crippen molar-refractivity contribution in [3.05, 3.63) is 51.5 Å². The van der Waals surface area contributed by atoms with E-state index in [0.717, 1.165) is 25.2 Å². The van der Waals surface area contributed by atoms with Crippen molar-refractivity contribution in [2.75, 3.05) is 11.4 Å². The lowest BCUT2D eigenvalue weighted by atomic mass is 10.0. The summed E-state index contributed by atoms with van der Waals surface area (Å²) in [5.41, 5.74) is 2.95. The summed E-state index contributed by atoms with van der Waals surface area (Å²) >= 11 is 1.80. The van der Waals surface area contributed by atoms with Crippen molar-refractivity contribution in [2.24, 2.45) is 0 Å². The van der Waals surface area contributed by atoms with Crippen LogP contribution in [0.5, 0.6) is 0 Å². The number of nitrogens with zero attached hydrogens (tertiary/aromatic N) is 1. The minimum Gasteiger partial charge on any atom is -0.389 e. The van der Waals surface area contributed by atoms with Crippen molar-refractivity contribution in [3.8, 4) is 0 Å². The smallest absolute Gasteiger partial charge is 0.123 e. The molecule has 1 N–H and O–H groups in total. The molecule has 0 spiro atoms. The van der Waals surface area contributed by atoms with Gasteiger partial charge in [0.1, 0.15) is 5.82 Å². The maximum absolute atomic E-state index is 13.3. The zero-order valence-electron chi connectivity index (χ0n) is 10.8. The first-order valence-corrected chi connectivity index (χ1v) is 7.31. The third-order valence-electron chi connectivity index (χ3n) is 3.59. The van der Waals surface area contributed by atoms with Crippen LogP contribution in [0.2, 0.25) is 0 Å². The molecule has 1 aromatic heterocycles. The maximum atomic E-state index is 13.3. The summed E-state index contributed by atoms with van der Waals surface area (Å²) < 4.78 is 13.3. The molecule has 1 aromatic carbocycles. The monoisotopic (exact) mass is 277 g/mol. The highest BCUT2D eigenvalue weighted by Crippen LogP contribution is 2.32. The van der Waals surface area contributed by atoms with Gasteiger partial charge in [-0.1, -0.05) is 0 Å². The Hall–Kier alpha value is -1.39. The predicted molar refractivity (Wildman–Crippen MR) is 76.1 cm³/mol. The summed E-state index contributed by atoms with van der Waals surface area (Å²) in [6, 6.07) is 6.82. The van der Waals surface area contributed by atoms with E-state index < -0.39 is 6.10 Å². The number of aliphatic hydroxyl groups excluding tert-OH is 1. The van der Waals surface area contributed by atoms with Crippen LogP contribution in [0.25, 0.3) is 0 Å². The molecule has 4 heteroatoms. The summed E-state index contributed by atoms with van der Waals surface area (Å²) in [7, 11) is 0. The zero-order chi connectivity index (χ0) is 13.4. The van der Waals surface area contributed by atoms with Gasteiger partial charge in [0.25, 0.3) is 0 Å². The van der Waals surface area contributed by atoms with Gasteiger partial charge in [-0.3, -0.25) is 0 Å². The molecule has 0 aliphatic carbocycles. The first-order valence-electron chi connectivity index (χ1n) is 6.43. The molecule has 2 heterocycles. The Kier molecular flexibility index (Phi) is 3.29. The van der Waals surface area contributed by atoms with Gasteiger partial charge in [-0.2, -0.15) is 0 Å². The molecule has 0 bridgehead atoms. The molecule has 0 amide bonds. The Morgan fingerprint density at radius 2 is 2.21 bits per heavy atom. The minimum atomic E-state index is -0.658. The van der Waals surface area contributed by atoms with E-state index in [1.807, 2.05) is 0 Å². The van der Waals surface area contributed by atoms with Crippen molar-refractivity contribution >= 4 is 17.0 Å². The molecule has 3 rings (SSSR count). The van der Waals surface area contributed by atoms with Gasteiger partial charge >= 0.3 is 0 Å². The lowest BCUT2D eigenvalue weighted by Crippen LogP contribution is -2.30. The van der Waals surface area contributed by atoms with E-state index in [9.17, 15) is 9.50 Å². The van der Waals surface area contributed by atoms with Gasteiger partial charge < -0.3 is 10.0 Å². The highest BCUT2D eigenvalue weighted by Gasteiger charge is 2.21. The normalized spacial score (nSPS) is 16.3. The van der Waals surface area contributed by atoms with Gasteiger partial charge in [-0.15, -0.1) is 11.3 Å². The summed E-state index contributed by atoms with van der Waals surface area (Å²) in [6.07, 6.45) is 0.360. The van der Waals surface area contributed by atoms with E-state index in [-0.39, 0.29) is 5.82 Å². The molecule has 1 unspecified atom stereocenters. The van der Waals surface area contributed by atoms with Crippen LogP contribution in [-0.4, -0.2) is 11.7 Å². The Morgan fingerprint density at radius 1 is 1.37 bits per heavy atom. The van der Waals surface area contributed by atoms with Gasteiger partial charge in [0.2, 0.25) is 0 Å². The average molecular weight is 277 g/mol. The number of thiophene rings is 1. The number of rotatable bonds is 2. The molecule has 2 nitrogen and oxygen atoms in total. The summed E-state index contributed by atoms with van der Waals surface area (Å²) in [4.78, 5) is 3.66. The van der Waals surface area contributed by atoms with Crippen LogP contribution in [0, 0.1) is 5.82 Å². The first-order chi connectivity index (χ1) is 9.15. The van der Waals surface area contributed by atoms with Crippen LogP contribution in [-0.2, 0) is 13.0 Å². The summed E-state index contributed by atoms with van der Waals surface area (Å²) in [6.45, 7) is 3.43. The molecule has 1 atom stereocenters. The fourth-order valence-corrected chi connectivity index (χ4v) is 3.49. The van der Waals surface area contributed by atoms with Gasteiger partial charge in [-0.25, -0.2) is 4.39 Å². The summed E-state index contributed by atoms with van der Waals surface area (Å²) in [5, 5.41) is 11.9. The third-order valence-corrected chi connectivity index (χ3v) is 4.61. The fourth-order valence-electron chi connectivity index (χ4n) is 2.60. The van der Waals surface area contributed by atoms with Crippen molar-refractivity contribution in [1.29, 1.82) is 0 Å². The van der Waals surface area contributed by atoms with E-state index in [4.69, 9.17) is 0 Å². The van der Waals surface area contributed by atoms with E-state index in [1.165, 1.54) is 22.6 Å². The molecular weight excluding hydrogens is 261 g/mol. The van der Waals surface area contributed by atoms with Crippen LogP contribution < -0.4 is 4.90 Å². The Bertz CT molecular complexity index is 594. The number of hydrogen-bond acceptors (Lipinski definition) is 3. The number of hydrogen-bond donors (Lipinski definition) is 1. The van der Waals surface area contributed by atoms with Crippen LogP contribution in [0.4, 0.5) is 10.1 Å². The lowest BCUT2D eigenvalue weighted by molar-refractivity contribution is 0.199. The van der Waals surface area contributed by atoms with Crippen molar-refractivity contribution < 1.29 is 9.50 Å².